The quantitative estimate of drug-likeness (QED) is 0.506. The molecule has 5 N–H and O–H groups in total. The first-order valence-corrected chi connectivity index (χ1v) is 6.84. The minimum atomic E-state index is -0.962. The molecule has 0 aliphatic rings. The highest BCUT2D eigenvalue weighted by molar-refractivity contribution is 5.90. The Bertz CT molecular complexity index is 613. The fourth-order valence-corrected chi connectivity index (χ4v) is 1.91. The number of esters is 2. The molecule has 116 valence electrons. The second-order valence-electron chi connectivity index (χ2n) is 4.91. The number of benzene rings is 1. The molecule has 0 fully saturated rings. The fraction of sp³-hybridized carbons (Fsp3) is 0.267. The van der Waals surface area contributed by atoms with Crippen LogP contribution in [0.5, 0.6) is 0 Å². The summed E-state index contributed by atoms with van der Waals surface area (Å²) in [7, 11) is 0. The van der Waals surface area contributed by atoms with E-state index in [2.05, 4.69) is 9.97 Å². The van der Waals surface area contributed by atoms with Crippen molar-refractivity contribution in [2.45, 2.75) is 24.9 Å². The summed E-state index contributed by atoms with van der Waals surface area (Å²) >= 11 is 0. The zero-order chi connectivity index (χ0) is 15.9. The first-order valence-electron chi connectivity index (χ1n) is 6.84. The minimum absolute atomic E-state index is 0.184. The van der Waals surface area contributed by atoms with Crippen molar-refractivity contribution >= 4 is 11.9 Å². The number of carbonyl (C=O) groups is 2. The van der Waals surface area contributed by atoms with E-state index >= 15 is 0 Å². The van der Waals surface area contributed by atoms with E-state index in [9.17, 15) is 9.59 Å². The molecule has 0 unspecified atom stereocenters. The Hall–Kier alpha value is -2.51. The zero-order valence-corrected chi connectivity index (χ0v) is 11.9. The molecule has 1 aromatic carbocycles. The summed E-state index contributed by atoms with van der Waals surface area (Å²) < 4.78 is 4.73. The third-order valence-electron chi connectivity index (χ3n) is 3.09. The van der Waals surface area contributed by atoms with Crippen molar-refractivity contribution in [1.82, 2.24) is 9.97 Å². The van der Waals surface area contributed by atoms with Gasteiger partial charge in [0.05, 0.1) is 12.0 Å². The van der Waals surface area contributed by atoms with Crippen LogP contribution in [0.1, 0.15) is 11.3 Å². The Labute approximate surface area is 127 Å². The van der Waals surface area contributed by atoms with Gasteiger partial charge in [0.25, 0.3) is 0 Å². The van der Waals surface area contributed by atoms with Crippen LogP contribution in [0.4, 0.5) is 0 Å². The highest BCUT2D eigenvalue weighted by atomic mass is 16.6. The summed E-state index contributed by atoms with van der Waals surface area (Å²) in [6.07, 6.45) is 3.58. The van der Waals surface area contributed by atoms with Crippen LogP contribution in [-0.4, -0.2) is 34.0 Å². The Morgan fingerprint density at radius 1 is 1.09 bits per heavy atom. The van der Waals surface area contributed by atoms with Crippen molar-refractivity contribution < 1.29 is 14.3 Å². The lowest BCUT2D eigenvalue weighted by Crippen LogP contribution is -2.41. The summed E-state index contributed by atoms with van der Waals surface area (Å²) in [5.41, 5.74) is 12.9. The molecule has 0 radical (unpaired) electrons. The SMILES string of the molecule is N[C@@H](Cc1ccccc1)C(=O)OC(=O)[C@@H](N)Cc1c[nH]cn1. The third kappa shape index (κ3) is 4.51. The number of H-pyrrole nitrogens is 1. The number of hydrogen-bond donors (Lipinski definition) is 3. The molecule has 0 bridgehead atoms. The Kier molecular flexibility index (Phi) is 5.40. The molecule has 2 aromatic rings. The smallest absolute Gasteiger partial charge is 0.330 e. The predicted molar refractivity (Wildman–Crippen MR) is 79.5 cm³/mol. The molecule has 1 aromatic heterocycles. The lowest BCUT2D eigenvalue weighted by molar-refractivity contribution is -0.161. The van der Waals surface area contributed by atoms with Crippen LogP contribution >= 0.6 is 0 Å². The van der Waals surface area contributed by atoms with E-state index in [4.69, 9.17) is 16.2 Å². The maximum Gasteiger partial charge on any atom is 0.330 e. The molecule has 22 heavy (non-hydrogen) atoms. The van der Waals surface area contributed by atoms with E-state index in [1.54, 1.807) is 6.20 Å². The monoisotopic (exact) mass is 302 g/mol. The van der Waals surface area contributed by atoms with Crippen LogP contribution in [0.15, 0.2) is 42.9 Å². The number of imidazole rings is 1. The average Bonchev–Trinajstić information content (AvgIpc) is 3.01. The highest BCUT2D eigenvalue weighted by Gasteiger charge is 2.24. The molecule has 2 atom stereocenters. The van der Waals surface area contributed by atoms with Gasteiger partial charge < -0.3 is 21.2 Å². The second-order valence-corrected chi connectivity index (χ2v) is 4.91. The van der Waals surface area contributed by atoms with Gasteiger partial charge in [-0.05, 0) is 12.0 Å². The molecule has 0 aliphatic heterocycles. The highest BCUT2D eigenvalue weighted by Crippen LogP contribution is 2.04. The number of rotatable bonds is 6. The minimum Gasteiger partial charge on any atom is -0.391 e. The number of nitrogens with one attached hydrogen (secondary N) is 1. The first kappa shape index (κ1) is 15.9. The maximum absolute atomic E-state index is 11.8. The predicted octanol–water partition coefficient (Wildman–Crippen LogP) is -0.0807. The van der Waals surface area contributed by atoms with Gasteiger partial charge in [0.2, 0.25) is 0 Å². The summed E-state index contributed by atoms with van der Waals surface area (Å²) in [6.45, 7) is 0. The third-order valence-corrected chi connectivity index (χ3v) is 3.09. The normalized spacial score (nSPS) is 13.4. The van der Waals surface area contributed by atoms with Crippen LogP contribution in [0.3, 0.4) is 0 Å². The summed E-state index contributed by atoms with van der Waals surface area (Å²) in [4.78, 5) is 30.3. The van der Waals surface area contributed by atoms with Gasteiger partial charge in [0, 0.05) is 12.6 Å². The van der Waals surface area contributed by atoms with E-state index < -0.39 is 24.0 Å². The number of nitrogens with two attached hydrogens (primary N) is 2. The van der Waals surface area contributed by atoms with E-state index in [0.717, 1.165) is 5.56 Å². The van der Waals surface area contributed by atoms with Crippen molar-refractivity contribution in [1.29, 1.82) is 0 Å². The van der Waals surface area contributed by atoms with E-state index in [1.807, 2.05) is 30.3 Å². The molecule has 1 heterocycles. The summed E-state index contributed by atoms with van der Waals surface area (Å²) in [5, 5.41) is 0. The lowest BCUT2D eigenvalue weighted by atomic mass is 10.1. The standard InChI is InChI=1S/C15H18N4O3/c16-12(6-10-4-2-1-3-5-10)14(20)22-15(21)13(17)7-11-8-18-9-19-11/h1-5,8-9,12-13H,6-7,16-17H2,(H,18,19)/t12-,13-/m0/s1. The number of carbonyl (C=O) groups excluding carboxylic acids is 2. The summed E-state index contributed by atoms with van der Waals surface area (Å²) in [5.74, 6) is -1.59. The Balaban J connectivity index is 1.83. The number of hydrogen-bond acceptors (Lipinski definition) is 6. The molecule has 0 amide bonds. The van der Waals surface area contributed by atoms with Crippen LogP contribution in [0.25, 0.3) is 0 Å². The molecule has 7 nitrogen and oxygen atoms in total. The Morgan fingerprint density at radius 2 is 1.73 bits per heavy atom. The molecule has 2 rings (SSSR count). The van der Waals surface area contributed by atoms with Crippen molar-refractivity contribution in [3.63, 3.8) is 0 Å². The van der Waals surface area contributed by atoms with E-state index in [-0.39, 0.29) is 6.42 Å². The van der Waals surface area contributed by atoms with Crippen molar-refractivity contribution in [3.05, 3.63) is 54.1 Å². The van der Waals surface area contributed by atoms with Crippen molar-refractivity contribution in [2.24, 2.45) is 11.5 Å². The van der Waals surface area contributed by atoms with Gasteiger partial charge >= 0.3 is 11.9 Å². The number of aromatic nitrogens is 2. The lowest BCUT2D eigenvalue weighted by Gasteiger charge is -2.13. The average molecular weight is 302 g/mol. The van der Waals surface area contributed by atoms with Crippen molar-refractivity contribution in [3.8, 4) is 0 Å². The van der Waals surface area contributed by atoms with Crippen LogP contribution in [0, 0.1) is 0 Å². The molecule has 0 aliphatic carbocycles. The van der Waals surface area contributed by atoms with Gasteiger partial charge in [-0.1, -0.05) is 30.3 Å². The molecular weight excluding hydrogens is 284 g/mol. The van der Waals surface area contributed by atoms with Crippen LogP contribution in [0.2, 0.25) is 0 Å². The molecular formula is C15H18N4O3. The van der Waals surface area contributed by atoms with Crippen LogP contribution < -0.4 is 11.5 Å². The molecule has 7 heteroatoms. The second kappa shape index (κ2) is 7.48. The van der Waals surface area contributed by atoms with Gasteiger partial charge in [-0.15, -0.1) is 0 Å². The first-order chi connectivity index (χ1) is 10.6. The fourth-order valence-electron chi connectivity index (χ4n) is 1.91. The van der Waals surface area contributed by atoms with Gasteiger partial charge in [-0.25, -0.2) is 14.6 Å². The van der Waals surface area contributed by atoms with E-state index in [0.29, 0.717) is 12.1 Å². The molecule has 0 spiro atoms. The largest absolute Gasteiger partial charge is 0.391 e. The number of ether oxygens (including phenoxy) is 1. The topological polar surface area (TPSA) is 124 Å². The van der Waals surface area contributed by atoms with Crippen molar-refractivity contribution in [2.75, 3.05) is 0 Å². The number of aromatic amines is 1. The van der Waals surface area contributed by atoms with Crippen LogP contribution in [-0.2, 0) is 27.2 Å². The van der Waals surface area contributed by atoms with Gasteiger partial charge in [-0.3, -0.25) is 0 Å². The molecule has 0 saturated carbocycles. The van der Waals surface area contributed by atoms with Gasteiger partial charge in [0.1, 0.15) is 12.1 Å². The zero-order valence-electron chi connectivity index (χ0n) is 11.9. The van der Waals surface area contributed by atoms with Gasteiger partial charge in [-0.2, -0.15) is 0 Å². The summed E-state index contributed by atoms with van der Waals surface area (Å²) in [6, 6.07) is 7.37. The maximum atomic E-state index is 11.8. The Morgan fingerprint density at radius 3 is 2.32 bits per heavy atom. The number of nitrogens with zero attached hydrogens (tertiary/aromatic N) is 1. The van der Waals surface area contributed by atoms with E-state index in [1.165, 1.54) is 6.33 Å². The van der Waals surface area contributed by atoms with Gasteiger partial charge in [0.15, 0.2) is 0 Å². The molecule has 0 saturated heterocycles.